The van der Waals surface area contributed by atoms with Crippen molar-refractivity contribution in [2.45, 2.75) is 37.2 Å². The Labute approximate surface area is 176 Å². The van der Waals surface area contributed by atoms with Crippen LogP contribution in [0.3, 0.4) is 0 Å². The SMILES string of the molecule is CN(C)C(CC(F)N1CCC(O)(c2ccc(Cl)cc2)CC1)C(=O)c1ccccc1. The van der Waals surface area contributed by atoms with Gasteiger partial charge < -0.3 is 5.11 Å². The monoisotopic (exact) mass is 418 g/mol. The van der Waals surface area contributed by atoms with Crippen molar-refractivity contribution < 1.29 is 14.3 Å². The summed E-state index contributed by atoms with van der Waals surface area (Å²) in [4.78, 5) is 16.3. The summed E-state index contributed by atoms with van der Waals surface area (Å²) >= 11 is 5.93. The molecule has 2 aromatic rings. The van der Waals surface area contributed by atoms with Crippen molar-refractivity contribution in [3.8, 4) is 0 Å². The highest BCUT2D eigenvalue weighted by molar-refractivity contribution is 6.30. The normalized spacial score (nSPS) is 19.1. The van der Waals surface area contributed by atoms with E-state index in [2.05, 4.69) is 0 Å². The van der Waals surface area contributed by atoms with Gasteiger partial charge in [-0.1, -0.05) is 54.1 Å². The minimum atomic E-state index is -1.25. The van der Waals surface area contributed by atoms with Crippen LogP contribution in [0.25, 0.3) is 0 Å². The number of alkyl halides is 1. The van der Waals surface area contributed by atoms with Crippen LogP contribution in [-0.4, -0.2) is 60.2 Å². The topological polar surface area (TPSA) is 43.8 Å². The molecule has 29 heavy (non-hydrogen) atoms. The number of ketones is 1. The van der Waals surface area contributed by atoms with Gasteiger partial charge in [0.25, 0.3) is 0 Å². The molecular weight excluding hydrogens is 391 g/mol. The first kappa shape index (κ1) is 21.9. The number of carbonyl (C=O) groups is 1. The summed E-state index contributed by atoms with van der Waals surface area (Å²) in [5, 5.41) is 11.6. The molecule has 1 fully saturated rings. The first-order valence-electron chi connectivity index (χ1n) is 9.92. The van der Waals surface area contributed by atoms with Crippen LogP contribution in [0.15, 0.2) is 54.6 Å². The zero-order valence-corrected chi connectivity index (χ0v) is 17.6. The molecule has 2 unspecified atom stereocenters. The standard InChI is InChI=1S/C23H28ClFN2O2/c1-26(2)20(22(28)17-6-4-3-5-7-17)16-21(25)27-14-12-23(29,13-15-27)18-8-10-19(24)11-9-18/h3-11,20-21,29H,12-16H2,1-2H3. The zero-order chi connectivity index (χ0) is 21.0. The van der Waals surface area contributed by atoms with E-state index in [9.17, 15) is 9.90 Å². The fraction of sp³-hybridized carbons (Fsp3) is 0.435. The van der Waals surface area contributed by atoms with Crippen molar-refractivity contribution in [1.29, 1.82) is 0 Å². The molecule has 1 aliphatic heterocycles. The van der Waals surface area contributed by atoms with E-state index < -0.39 is 17.9 Å². The van der Waals surface area contributed by atoms with E-state index in [1.54, 1.807) is 48.2 Å². The second-order valence-electron chi connectivity index (χ2n) is 7.95. The number of Topliss-reactive ketones (excluding diaryl/α,β-unsaturated/α-hetero) is 1. The van der Waals surface area contributed by atoms with Gasteiger partial charge in [-0.3, -0.25) is 14.6 Å². The Kier molecular flexibility index (Phi) is 7.06. The Morgan fingerprint density at radius 1 is 1.14 bits per heavy atom. The van der Waals surface area contributed by atoms with Crippen molar-refractivity contribution in [2.24, 2.45) is 0 Å². The predicted octanol–water partition coefficient (Wildman–Crippen LogP) is 4.12. The Bertz CT molecular complexity index is 805. The van der Waals surface area contributed by atoms with Gasteiger partial charge in [-0.15, -0.1) is 0 Å². The molecule has 2 atom stereocenters. The maximum atomic E-state index is 15.1. The quantitative estimate of drug-likeness (QED) is 0.542. The third-order valence-electron chi connectivity index (χ3n) is 5.81. The van der Waals surface area contributed by atoms with Crippen molar-refractivity contribution in [1.82, 2.24) is 9.80 Å². The number of piperidine rings is 1. The summed E-state index contributed by atoms with van der Waals surface area (Å²) < 4.78 is 15.1. The summed E-state index contributed by atoms with van der Waals surface area (Å²) in [5.41, 5.74) is 0.429. The highest BCUT2D eigenvalue weighted by Crippen LogP contribution is 2.34. The van der Waals surface area contributed by atoms with E-state index >= 15 is 4.39 Å². The van der Waals surface area contributed by atoms with E-state index in [-0.39, 0.29) is 12.2 Å². The number of likely N-dealkylation sites (tertiary alicyclic amines) is 1. The molecule has 0 amide bonds. The summed E-state index contributed by atoms with van der Waals surface area (Å²) in [6.45, 7) is 0.861. The average Bonchev–Trinajstić information content (AvgIpc) is 2.72. The van der Waals surface area contributed by atoms with Crippen LogP contribution >= 0.6 is 11.6 Å². The summed E-state index contributed by atoms with van der Waals surface area (Å²) in [7, 11) is 3.60. The number of hydrogen-bond donors (Lipinski definition) is 1. The second kappa shape index (κ2) is 9.35. The van der Waals surface area contributed by atoms with E-state index in [4.69, 9.17) is 11.6 Å². The fourth-order valence-electron chi connectivity index (χ4n) is 3.90. The van der Waals surface area contributed by atoms with Gasteiger partial charge in [0.15, 0.2) is 12.1 Å². The summed E-state index contributed by atoms with van der Waals surface area (Å²) in [6, 6.07) is 15.6. The number of benzene rings is 2. The molecule has 0 spiro atoms. The molecular formula is C23H28ClFN2O2. The van der Waals surface area contributed by atoms with Gasteiger partial charge >= 0.3 is 0 Å². The van der Waals surface area contributed by atoms with Crippen LogP contribution in [-0.2, 0) is 5.60 Å². The minimum absolute atomic E-state index is 0.0760. The maximum absolute atomic E-state index is 15.1. The van der Waals surface area contributed by atoms with E-state index in [1.165, 1.54) is 0 Å². The Hall–Kier alpha value is -1.79. The molecule has 0 aliphatic carbocycles. The number of carbonyl (C=O) groups excluding carboxylic acids is 1. The third-order valence-corrected chi connectivity index (χ3v) is 6.06. The lowest BCUT2D eigenvalue weighted by atomic mass is 9.84. The van der Waals surface area contributed by atoms with Crippen LogP contribution in [0.2, 0.25) is 5.02 Å². The van der Waals surface area contributed by atoms with Gasteiger partial charge in [-0.05, 0) is 44.6 Å². The molecule has 1 aliphatic rings. The molecule has 1 heterocycles. The highest BCUT2D eigenvalue weighted by atomic mass is 35.5. The van der Waals surface area contributed by atoms with Gasteiger partial charge in [-0.2, -0.15) is 0 Å². The van der Waals surface area contributed by atoms with Crippen molar-refractivity contribution in [3.05, 3.63) is 70.7 Å². The average molecular weight is 419 g/mol. The highest BCUT2D eigenvalue weighted by Gasteiger charge is 2.37. The maximum Gasteiger partial charge on any atom is 0.180 e. The Morgan fingerprint density at radius 3 is 2.28 bits per heavy atom. The largest absolute Gasteiger partial charge is 0.385 e. The number of hydrogen-bond acceptors (Lipinski definition) is 4. The molecule has 0 aromatic heterocycles. The van der Waals surface area contributed by atoms with Crippen molar-refractivity contribution >= 4 is 17.4 Å². The number of halogens is 2. The van der Waals surface area contributed by atoms with Gasteiger partial charge in [0.2, 0.25) is 0 Å². The molecule has 1 N–H and O–H groups in total. The lowest BCUT2D eigenvalue weighted by Crippen LogP contribution is -2.48. The van der Waals surface area contributed by atoms with Crippen LogP contribution in [0.5, 0.6) is 0 Å². The first-order valence-corrected chi connectivity index (χ1v) is 10.3. The van der Waals surface area contributed by atoms with Crippen LogP contribution in [0.4, 0.5) is 4.39 Å². The molecule has 4 nitrogen and oxygen atoms in total. The number of aliphatic hydroxyl groups is 1. The summed E-state index contributed by atoms with van der Waals surface area (Å²) in [6.07, 6.45) is -0.271. The minimum Gasteiger partial charge on any atom is -0.385 e. The van der Waals surface area contributed by atoms with Gasteiger partial charge in [-0.25, -0.2) is 4.39 Å². The van der Waals surface area contributed by atoms with Gasteiger partial charge in [0.1, 0.15) is 0 Å². The summed E-state index contributed by atoms with van der Waals surface area (Å²) in [5.74, 6) is -0.0760. The smallest absolute Gasteiger partial charge is 0.180 e. The van der Waals surface area contributed by atoms with E-state index in [0.717, 1.165) is 5.56 Å². The van der Waals surface area contributed by atoms with Crippen LogP contribution < -0.4 is 0 Å². The lowest BCUT2D eigenvalue weighted by molar-refractivity contribution is -0.0586. The van der Waals surface area contributed by atoms with Crippen LogP contribution in [0.1, 0.15) is 35.2 Å². The fourth-order valence-corrected chi connectivity index (χ4v) is 4.03. The van der Waals surface area contributed by atoms with Gasteiger partial charge in [0, 0.05) is 30.1 Å². The molecule has 0 bridgehead atoms. The predicted molar refractivity (Wildman–Crippen MR) is 114 cm³/mol. The van der Waals surface area contributed by atoms with Gasteiger partial charge in [0.05, 0.1) is 11.6 Å². The molecule has 6 heteroatoms. The Balaban J connectivity index is 1.62. The molecule has 156 valence electrons. The van der Waals surface area contributed by atoms with E-state index in [0.29, 0.717) is 36.5 Å². The van der Waals surface area contributed by atoms with Crippen molar-refractivity contribution in [3.63, 3.8) is 0 Å². The molecule has 1 saturated heterocycles. The Morgan fingerprint density at radius 2 is 1.72 bits per heavy atom. The molecule has 2 aromatic carbocycles. The first-order chi connectivity index (χ1) is 13.8. The third kappa shape index (κ3) is 5.23. The van der Waals surface area contributed by atoms with Crippen molar-refractivity contribution in [2.75, 3.05) is 27.2 Å². The second-order valence-corrected chi connectivity index (χ2v) is 8.39. The number of nitrogens with zero attached hydrogens (tertiary/aromatic N) is 2. The number of rotatable bonds is 7. The van der Waals surface area contributed by atoms with E-state index in [1.807, 2.05) is 30.3 Å². The molecule has 0 saturated carbocycles. The van der Waals surface area contributed by atoms with Crippen LogP contribution in [0, 0.1) is 0 Å². The zero-order valence-electron chi connectivity index (χ0n) is 16.9. The number of likely N-dealkylation sites (N-methyl/N-ethyl adjacent to an activating group) is 1. The lowest BCUT2D eigenvalue weighted by Gasteiger charge is -2.40. The molecule has 0 radical (unpaired) electrons. The molecule has 3 rings (SSSR count).